The maximum Gasteiger partial charge on any atom is 0.224 e. The molecular weight excluding hydrogens is 242 g/mol. The van der Waals surface area contributed by atoms with E-state index in [1.54, 1.807) is 19.9 Å². The molecule has 0 atom stereocenters. The van der Waals surface area contributed by atoms with E-state index in [1.807, 2.05) is 18.2 Å². The van der Waals surface area contributed by atoms with Crippen LogP contribution in [0.25, 0.3) is 0 Å². The zero-order valence-electron chi connectivity index (χ0n) is 11.4. The van der Waals surface area contributed by atoms with Crippen LogP contribution in [0.1, 0.15) is 25.8 Å². The van der Waals surface area contributed by atoms with E-state index in [9.17, 15) is 9.59 Å². The molecule has 0 fully saturated rings. The molecule has 0 bridgehead atoms. The van der Waals surface area contributed by atoms with Crippen molar-refractivity contribution < 1.29 is 9.59 Å². The number of hydrogen-bond donors (Lipinski definition) is 3. The molecule has 1 aromatic carbocycles. The molecule has 0 saturated heterocycles. The minimum Gasteiger partial charge on any atom is -0.399 e. The molecule has 0 saturated carbocycles. The monoisotopic (exact) mass is 263 g/mol. The first-order chi connectivity index (χ1) is 8.81. The van der Waals surface area contributed by atoms with Crippen LogP contribution in [0, 0.1) is 5.41 Å². The number of nitrogens with one attached hydrogen (secondary N) is 1. The number of nitrogen functional groups attached to an aromatic ring is 1. The van der Waals surface area contributed by atoms with Gasteiger partial charge >= 0.3 is 0 Å². The number of benzene rings is 1. The van der Waals surface area contributed by atoms with Crippen LogP contribution < -0.4 is 16.8 Å². The van der Waals surface area contributed by atoms with Gasteiger partial charge in [0.1, 0.15) is 0 Å². The van der Waals surface area contributed by atoms with Gasteiger partial charge in [-0.2, -0.15) is 0 Å². The third-order valence-corrected chi connectivity index (χ3v) is 2.99. The van der Waals surface area contributed by atoms with Gasteiger partial charge in [0, 0.05) is 18.7 Å². The van der Waals surface area contributed by atoms with E-state index in [-0.39, 0.29) is 12.5 Å². The Morgan fingerprint density at radius 3 is 2.58 bits per heavy atom. The Hall–Kier alpha value is -2.04. The Bertz CT molecular complexity index is 470. The lowest BCUT2D eigenvalue weighted by atomic mass is 9.93. The number of anilines is 1. The van der Waals surface area contributed by atoms with E-state index in [4.69, 9.17) is 11.5 Å². The van der Waals surface area contributed by atoms with E-state index < -0.39 is 11.3 Å². The number of nitrogens with two attached hydrogens (primary N) is 2. The fourth-order valence-electron chi connectivity index (χ4n) is 1.50. The normalized spacial score (nSPS) is 11.1. The van der Waals surface area contributed by atoms with Crippen molar-refractivity contribution in [2.75, 3.05) is 12.3 Å². The lowest BCUT2D eigenvalue weighted by Crippen LogP contribution is -2.42. The van der Waals surface area contributed by atoms with Crippen molar-refractivity contribution in [2.45, 2.75) is 26.7 Å². The highest BCUT2D eigenvalue weighted by molar-refractivity contribution is 5.82. The van der Waals surface area contributed by atoms with Crippen molar-refractivity contribution in [3.63, 3.8) is 0 Å². The van der Waals surface area contributed by atoms with Gasteiger partial charge in [0.15, 0.2) is 0 Å². The topological polar surface area (TPSA) is 98.2 Å². The summed E-state index contributed by atoms with van der Waals surface area (Å²) in [5, 5.41) is 2.72. The number of carbonyl (C=O) groups is 2. The van der Waals surface area contributed by atoms with Crippen LogP contribution in [-0.4, -0.2) is 18.4 Å². The van der Waals surface area contributed by atoms with Gasteiger partial charge < -0.3 is 16.8 Å². The average Bonchev–Trinajstić information content (AvgIpc) is 2.34. The predicted molar refractivity (Wildman–Crippen MR) is 75.2 cm³/mol. The smallest absolute Gasteiger partial charge is 0.224 e. The van der Waals surface area contributed by atoms with Crippen molar-refractivity contribution in [3.8, 4) is 0 Å². The summed E-state index contributed by atoms with van der Waals surface area (Å²) in [5.41, 5.74) is 11.9. The zero-order chi connectivity index (χ0) is 14.5. The largest absolute Gasteiger partial charge is 0.399 e. The lowest BCUT2D eigenvalue weighted by Gasteiger charge is -2.20. The Labute approximate surface area is 113 Å². The second-order valence-corrected chi connectivity index (χ2v) is 5.27. The zero-order valence-corrected chi connectivity index (χ0v) is 11.4. The Kier molecular flexibility index (Phi) is 4.92. The second-order valence-electron chi connectivity index (χ2n) is 5.27. The number of primary amides is 1. The summed E-state index contributed by atoms with van der Waals surface area (Å²) in [5.74, 6) is -0.527. The molecule has 19 heavy (non-hydrogen) atoms. The van der Waals surface area contributed by atoms with Crippen LogP contribution >= 0.6 is 0 Å². The fourth-order valence-corrected chi connectivity index (χ4v) is 1.50. The molecular formula is C14H21N3O2. The molecule has 0 spiro atoms. The number of hydrogen-bond acceptors (Lipinski definition) is 3. The summed E-state index contributed by atoms with van der Waals surface area (Å²) in [6, 6.07) is 7.44. The second kappa shape index (κ2) is 6.22. The molecule has 0 aliphatic heterocycles. The highest BCUT2D eigenvalue weighted by Crippen LogP contribution is 2.12. The number of rotatable bonds is 6. The lowest BCUT2D eigenvalue weighted by molar-refractivity contribution is -0.127. The molecule has 0 unspecified atom stereocenters. The molecule has 5 N–H and O–H groups in total. The van der Waals surface area contributed by atoms with Crippen molar-refractivity contribution in [1.29, 1.82) is 0 Å². The summed E-state index contributed by atoms with van der Waals surface area (Å²) in [7, 11) is 0. The molecule has 104 valence electrons. The molecule has 0 aromatic heterocycles. The van der Waals surface area contributed by atoms with Crippen molar-refractivity contribution >= 4 is 17.5 Å². The summed E-state index contributed by atoms with van der Waals surface area (Å²) in [6.07, 6.45) is 0.978. The number of aryl methyl sites for hydroxylation is 1. The standard InChI is InChI=1S/C14H21N3O2/c1-14(2,13(16)19)9-17-12(18)7-6-10-4-3-5-11(15)8-10/h3-5,8H,6-7,9,15H2,1-2H3,(H2,16,19)(H,17,18). The van der Waals surface area contributed by atoms with E-state index in [2.05, 4.69) is 5.32 Å². The van der Waals surface area contributed by atoms with Crippen molar-refractivity contribution in [2.24, 2.45) is 11.1 Å². The number of amides is 2. The maximum atomic E-state index is 11.7. The minimum absolute atomic E-state index is 0.100. The Balaban J connectivity index is 2.39. The molecule has 1 rings (SSSR count). The SMILES string of the molecule is CC(C)(CNC(=O)CCc1cccc(N)c1)C(N)=O. The molecule has 5 nitrogen and oxygen atoms in total. The van der Waals surface area contributed by atoms with E-state index in [1.165, 1.54) is 0 Å². The van der Waals surface area contributed by atoms with Crippen LogP contribution in [0.2, 0.25) is 0 Å². The third-order valence-electron chi connectivity index (χ3n) is 2.99. The molecule has 0 aliphatic carbocycles. The van der Waals surface area contributed by atoms with Gasteiger partial charge in [0.05, 0.1) is 5.41 Å². The molecule has 5 heteroatoms. The predicted octanol–water partition coefficient (Wildman–Crippen LogP) is 0.829. The first kappa shape index (κ1) is 15.0. The third kappa shape index (κ3) is 4.99. The minimum atomic E-state index is -0.729. The van der Waals surface area contributed by atoms with Crippen molar-refractivity contribution in [1.82, 2.24) is 5.32 Å². The van der Waals surface area contributed by atoms with Crippen LogP contribution in [0.5, 0.6) is 0 Å². The summed E-state index contributed by atoms with van der Waals surface area (Å²) >= 11 is 0. The maximum absolute atomic E-state index is 11.7. The highest BCUT2D eigenvalue weighted by atomic mass is 16.2. The molecule has 0 heterocycles. The Morgan fingerprint density at radius 1 is 1.32 bits per heavy atom. The first-order valence-electron chi connectivity index (χ1n) is 6.22. The van der Waals surface area contributed by atoms with Gasteiger partial charge in [-0.25, -0.2) is 0 Å². The average molecular weight is 263 g/mol. The van der Waals surface area contributed by atoms with Crippen LogP contribution in [0.4, 0.5) is 5.69 Å². The molecule has 0 radical (unpaired) electrons. The van der Waals surface area contributed by atoms with E-state index in [0.29, 0.717) is 18.5 Å². The van der Waals surface area contributed by atoms with Crippen LogP contribution in [-0.2, 0) is 16.0 Å². The van der Waals surface area contributed by atoms with Gasteiger partial charge in [0.25, 0.3) is 0 Å². The fraction of sp³-hybridized carbons (Fsp3) is 0.429. The van der Waals surface area contributed by atoms with Crippen molar-refractivity contribution in [3.05, 3.63) is 29.8 Å². The highest BCUT2D eigenvalue weighted by Gasteiger charge is 2.25. The quantitative estimate of drug-likeness (QED) is 0.663. The molecule has 1 aromatic rings. The van der Waals surface area contributed by atoms with Gasteiger partial charge in [-0.3, -0.25) is 9.59 Å². The molecule has 0 aliphatic rings. The van der Waals surface area contributed by atoms with Crippen LogP contribution in [0.15, 0.2) is 24.3 Å². The summed E-state index contributed by atoms with van der Waals surface area (Å²) < 4.78 is 0. The first-order valence-corrected chi connectivity index (χ1v) is 6.22. The van der Waals surface area contributed by atoms with Gasteiger partial charge in [0.2, 0.25) is 11.8 Å². The Morgan fingerprint density at radius 2 is 2.00 bits per heavy atom. The van der Waals surface area contributed by atoms with Gasteiger partial charge in [-0.1, -0.05) is 12.1 Å². The summed E-state index contributed by atoms with van der Waals surface area (Å²) in [4.78, 5) is 22.8. The van der Waals surface area contributed by atoms with E-state index >= 15 is 0 Å². The molecule has 2 amide bonds. The van der Waals surface area contributed by atoms with Gasteiger partial charge in [-0.05, 0) is 38.0 Å². The number of carbonyl (C=O) groups excluding carboxylic acids is 2. The van der Waals surface area contributed by atoms with Gasteiger partial charge in [-0.15, -0.1) is 0 Å². The van der Waals surface area contributed by atoms with E-state index in [0.717, 1.165) is 5.56 Å². The van der Waals surface area contributed by atoms with Crippen LogP contribution in [0.3, 0.4) is 0 Å². The summed E-state index contributed by atoms with van der Waals surface area (Å²) in [6.45, 7) is 3.65.